The number of nitrogens with one attached hydrogen (secondary N) is 1. The van der Waals surface area contributed by atoms with Crippen LogP contribution in [0.2, 0.25) is 0 Å². The molecule has 0 fully saturated rings. The number of pyridine rings is 1. The third-order valence-electron chi connectivity index (χ3n) is 2.00. The van der Waals surface area contributed by atoms with Crippen LogP contribution < -0.4 is 16.2 Å². The molecule has 100 valence electrons. The lowest BCUT2D eigenvalue weighted by Gasteiger charge is -2.13. The first-order valence-electron chi connectivity index (χ1n) is 4.94. The van der Waals surface area contributed by atoms with Crippen molar-refractivity contribution in [3.8, 4) is 0 Å². The molecule has 1 unspecified atom stereocenters. The monoisotopic (exact) mass is 336 g/mol. The smallest absolute Gasteiger partial charge is 0.244 e. The number of halogens is 1. The number of nitrogens with zero attached hydrogens (tertiary/aromatic N) is 1. The zero-order chi connectivity index (χ0) is 13.9. The fourth-order valence-corrected chi connectivity index (χ4v) is 3.15. The second-order valence-electron chi connectivity index (χ2n) is 3.73. The van der Waals surface area contributed by atoms with Crippen molar-refractivity contribution in [2.24, 2.45) is 5.73 Å². The van der Waals surface area contributed by atoms with E-state index in [2.05, 4.69) is 25.6 Å². The first-order valence-corrected chi connectivity index (χ1v) is 7.21. The molecule has 1 aromatic rings. The van der Waals surface area contributed by atoms with Gasteiger partial charge in [0, 0.05) is 23.1 Å². The van der Waals surface area contributed by atoms with Crippen LogP contribution in [0.15, 0.2) is 21.6 Å². The minimum atomic E-state index is -3.83. The fraction of sp³-hybridized carbons (Fsp3) is 0.333. The van der Waals surface area contributed by atoms with Crippen LogP contribution in [0.25, 0.3) is 0 Å². The van der Waals surface area contributed by atoms with Crippen LogP contribution in [-0.2, 0) is 14.8 Å². The van der Waals surface area contributed by atoms with Gasteiger partial charge in [-0.2, -0.15) is 0 Å². The van der Waals surface area contributed by atoms with Crippen molar-refractivity contribution in [1.29, 1.82) is 0 Å². The number of nitrogen functional groups attached to an aromatic ring is 1. The van der Waals surface area contributed by atoms with Gasteiger partial charge in [-0.15, -0.1) is 0 Å². The molecule has 1 rings (SSSR count). The molecule has 7 nitrogen and oxygen atoms in total. The van der Waals surface area contributed by atoms with Crippen molar-refractivity contribution < 1.29 is 13.2 Å². The molecule has 0 aliphatic carbocycles. The summed E-state index contributed by atoms with van der Waals surface area (Å²) >= 11 is 3.11. The van der Waals surface area contributed by atoms with Gasteiger partial charge in [0.05, 0.1) is 0 Å². The van der Waals surface area contributed by atoms with Crippen LogP contribution in [0.5, 0.6) is 0 Å². The summed E-state index contributed by atoms with van der Waals surface area (Å²) in [5.41, 5.74) is 10.5. The van der Waals surface area contributed by atoms with Crippen LogP contribution in [0.1, 0.15) is 13.3 Å². The van der Waals surface area contributed by atoms with Gasteiger partial charge >= 0.3 is 0 Å². The number of carbonyl (C=O) groups excluding carboxylic acids is 1. The predicted octanol–water partition coefficient (Wildman–Crippen LogP) is -0.0315. The number of rotatable bonds is 5. The van der Waals surface area contributed by atoms with Crippen molar-refractivity contribution in [3.05, 3.63) is 16.7 Å². The maximum Gasteiger partial charge on any atom is 0.244 e. The Morgan fingerprint density at radius 2 is 2.22 bits per heavy atom. The van der Waals surface area contributed by atoms with E-state index in [1.165, 1.54) is 19.2 Å². The number of primary amides is 1. The number of hydrogen-bond donors (Lipinski definition) is 3. The number of aromatic nitrogens is 1. The maximum atomic E-state index is 12.0. The van der Waals surface area contributed by atoms with Crippen molar-refractivity contribution in [1.82, 2.24) is 9.71 Å². The number of sulfonamides is 1. The highest BCUT2D eigenvalue weighted by molar-refractivity contribution is 9.10. The molecule has 1 atom stereocenters. The van der Waals surface area contributed by atoms with Gasteiger partial charge in [0.15, 0.2) is 0 Å². The molecule has 0 bridgehead atoms. The molecule has 1 amide bonds. The van der Waals surface area contributed by atoms with Gasteiger partial charge in [-0.1, -0.05) is 0 Å². The largest absolute Gasteiger partial charge is 0.383 e. The normalized spacial score (nSPS) is 13.2. The summed E-state index contributed by atoms with van der Waals surface area (Å²) in [5, 5.41) is 0. The summed E-state index contributed by atoms with van der Waals surface area (Å²) < 4.78 is 26.8. The minimum absolute atomic E-state index is 0.0967. The van der Waals surface area contributed by atoms with Crippen molar-refractivity contribution >= 4 is 37.7 Å². The third-order valence-corrected chi connectivity index (χ3v) is 4.05. The molecular formula is C9H13BrN4O3S. The summed E-state index contributed by atoms with van der Waals surface area (Å²) in [5.74, 6) is -0.706. The van der Waals surface area contributed by atoms with Gasteiger partial charge < -0.3 is 11.5 Å². The molecule has 0 aromatic carbocycles. The lowest BCUT2D eigenvalue weighted by Crippen LogP contribution is -2.36. The topological polar surface area (TPSA) is 128 Å². The van der Waals surface area contributed by atoms with E-state index < -0.39 is 22.0 Å². The summed E-state index contributed by atoms with van der Waals surface area (Å²) in [6.45, 7) is 1.53. The van der Waals surface area contributed by atoms with E-state index in [0.717, 1.165) is 0 Å². The Morgan fingerprint density at radius 3 is 2.78 bits per heavy atom. The van der Waals surface area contributed by atoms with E-state index in [0.29, 0.717) is 4.47 Å². The lowest BCUT2D eigenvalue weighted by atomic mass is 10.2. The van der Waals surface area contributed by atoms with Crippen LogP contribution in [0, 0.1) is 0 Å². The quantitative estimate of drug-likeness (QED) is 0.695. The maximum absolute atomic E-state index is 12.0. The third kappa shape index (κ3) is 3.93. The molecule has 1 aromatic heterocycles. The van der Waals surface area contributed by atoms with Crippen molar-refractivity contribution in [3.63, 3.8) is 0 Å². The van der Waals surface area contributed by atoms with Crippen LogP contribution >= 0.6 is 15.9 Å². The van der Waals surface area contributed by atoms with Crippen LogP contribution in [0.4, 0.5) is 5.82 Å². The van der Waals surface area contributed by atoms with Gasteiger partial charge in [0.2, 0.25) is 15.9 Å². The molecule has 1 heterocycles. The van der Waals surface area contributed by atoms with E-state index >= 15 is 0 Å². The van der Waals surface area contributed by atoms with E-state index in [9.17, 15) is 13.2 Å². The van der Waals surface area contributed by atoms with E-state index in [1.807, 2.05) is 0 Å². The number of amides is 1. The molecule has 0 spiro atoms. The minimum Gasteiger partial charge on any atom is -0.383 e. The Kier molecular flexibility index (Phi) is 4.65. The Hall–Kier alpha value is -1.19. The Morgan fingerprint density at radius 1 is 1.61 bits per heavy atom. The average molecular weight is 337 g/mol. The number of anilines is 1. The highest BCUT2D eigenvalue weighted by Crippen LogP contribution is 2.20. The first kappa shape index (κ1) is 14.9. The highest BCUT2D eigenvalue weighted by Gasteiger charge is 2.22. The molecule has 0 aliphatic rings. The highest BCUT2D eigenvalue weighted by atomic mass is 79.9. The molecular weight excluding hydrogens is 324 g/mol. The van der Waals surface area contributed by atoms with Crippen molar-refractivity contribution in [2.45, 2.75) is 24.3 Å². The summed E-state index contributed by atoms with van der Waals surface area (Å²) in [7, 11) is -3.83. The molecule has 0 saturated heterocycles. The molecule has 18 heavy (non-hydrogen) atoms. The summed E-state index contributed by atoms with van der Waals surface area (Å²) in [4.78, 5) is 14.3. The summed E-state index contributed by atoms with van der Waals surface area (Å²) in [6.07, 6.45) is 1.29. The SMILES string of the molecule is CC(CC(N)=O)NS(=O)(=O)c1cc(Br)cnc1N. The van der Waals surface area contributed by atoms with Gasteiger partial charge in [-0.3, -0.25) is 4.79 Å². The second-order valence-corrected chi connectivity index (χ2v) is 6.33. The zero-order valence-electron chi connectivity index (χ0n) is 9.55. The van der Waals surface area contributed by atoms with Gasteiger partial charge in [0.1, 0.15) is 10.7 Å². The van der Waals surface area contributed by atoms with Crippen LogP contribution in [0.3, 0.4) is 0 Å². The Bertz CT molecular complexity index is 561. The number of nitrogens with two attached hydrogens (primary N) is 2. The van der Waals surface area contributed by atoms with E-state index in [1.54, 1.807) is 0 Å². The van der Waals surface area contributed by atoms with Gasteiger partial charge in [0.25, 0.3) is 0 Å². The number of hydrogen-bond acceptors (Lipinski definition) is 5. The van der Waals surface area contributed by atoms with E-state index in [4.69, 9.17) is 11.5 Å². The zero-order valence-corrected chi connectivity index (χ0v) is 12.0. The first-order chi connectivity index (χ1) is 8.22. The summed E-state index contributed by atoms with van der Waals surface area (Å²) in [6, 6.07) is 0.715. The molecule has 0 radical (unpaired) electrons. The lowest BCUT2D eigenvalue weighted by molar-refractivity contribution is -0.118. The van der Waals surface area contributed by atoms with Gasteiger partial charge in [-0.25, -0.2) is 18.1 Å². The Balaban J connectivity index is 2.99. The Labute approximate surface area is 113 Å². The molecule has 5 N–H and O–H groups in total. The molecule has 9 heteroatoms. The predicted molar refractivity (Wildman–Crippen MR) is 69.9 cm³/mol. The molecule has 0 aliphatic heterocycles. The second kappa shape index (κ2) is 5.63. The van der Waals surface area contributed by atoms with Gasteiger partial charge in [-0.05, 0) is 28.9 Å². The van der Waals surface area contributed by atoms with Crippen LogP contribution in [-0.4, -0.2) is 25.4 Å². The van der Waals surface area contributed by atoms with Crippen molar-refractivity contribution in [2.75, 3.05) is 5.73 Å². The standard InChI is InChI=1S/C9H13BrN4O3S/c1-5(2-8(11)15)14-18(16,17)7-3-6(10)4-13-9(7)12/h3-5,14H,2H2,1H3,(H2,11,15)(H2,12,13). The average Bonchev–Trinajstić information content (AvgIpc) is 2.19. The fourth-order valence-electron chi connectivity index (χ4n) is 1.32. The van der Waals surface area contributed by atoms with E-state index in [-0.39, 0.29) is 17.1 Å². The molecule has 0 saturated carbocycles. The number of carbonyl (C=O) groups is 1.